The van der Waals surface area contributed by atoms with E-state index in [-0.39, 0.29) is 119 Å². The molecule has 0 aliphatic carbocycles. The van der Waals surface area contributed by atoms with Crippen LogP contribution in [-0.4, -0.2) is 176 Å². The molecule has 528 valence electrons. The fourth-order valence-corrected chi connectivity index (χ4v) is 9.18. The molecular weight excluding hydrogens is 1320 g/mol. The molecule has 1 aliphatic rings. The average Bonchev–Trinajstić information content (AvgIpc) is 1.27. The Bertz CT molecular complexity index is 3780. The van der Waals surface area contributed by atoms with Crippen molar-refractivity contribution in [1.82, 2.24) is 44.9 Å². The largest absolute Gasteiger partial charge is 1.00 e. The average molecular weight is 1400 g/mol. The first kappa shape index (κ1) is 81.7. The number of rotatable bonds is 28. The second-order valence-electron chi connectivity index (χ2n) is 21.0. The number of nitrogen functional groups attached to an aromatic ring is 1. The van der Waals surface area contributed by atoms with Crippen molar-refractivity contribution in [3.05, 3.63) is 103 Å². The Balaban J connectivity index is 0.000000375. The maximum Gasteiger partial charge on any atom is 1.00 e. The Hall–Kier alpha value is -8.73. The van der Waals surface area contributed by atoms with Crippen molar-refractivity contribution in [3.8, 4) is 23.0 Å². The molecule has 0 radical (unpaired) electrons. The maximum absolute atomic E-state index is 12.6. The molecule has 0 amide bonds. The topological polar surface area (TPSA) is 332 Å². The van der Waals surface area contributed by atoms with Crippen LogP contribution >= 0.6 is 0 Å². The van der Waals surface area contributed by atoms with Gasteiger partial charge in [0.25, 0.3) is 0 Å². The van der Waals surface area contributed by atoms with E-state index in [9.17, 15) is 59.3 Å². The number of aliphatic hydroxyl groups is 1. The van der Waals surface area contributed by atoms with Gasteiger partial charge in [0.05, 0.1) is 64.7 Å². The first-order valence-electron chi connectivity index (χ1n) is 29.8. The Labute approximate surface area is 581 Å². The fraction of sp³-hybridized carbons (Fsp3) is 0.435. The number of ether oxygens (including phenoxy) is 6. The van der Waals surface area contributed by atoms with Gasteiger partial charge in [-0.05, 0) is 112 Å². The zero-order valence-corrected chi connectivity index (χ0v) is 53.9. The van der Waals surface area contributed by atoms with E-state index < -0.39 is 67.9 Å². The van der Waals surface area contributed by atoms with Gasteiger partial charge in [-0.25, -0.2) is 24.5 Å². The zero-order valence-electron chi connectivity index (χ0n) is 54.9. The van der Waals surface area contributed by atoms with Crippen LogP contribution in [0.5, 0.6) is 23.0 Å². The van der Waals surface area contributed by atoms with Crippen LogP contribution in [0.2, 0.25) is 0 Å². The molecule has 0 saturated carbocycles. The van der Waals surface area contributed by atoms with Crippen LogP contribution in [0.3, 0.4) is 0 Å². The summed E-state index contributed by atoms with van der Waals surface area (Å²) < 4.78 is 143. The van der Waals surface area contributed by atoms with Gasteiger partial charge in [0.15, 0.2) is 34.8 Å². The number of carbonyl (C=O) groups excluding carboxylic acids is 1. The molecule has 0 spiro atoms. The Kier molecular flexibility index (Phi) is 33.5. The van der Waals surface area contributed by atoms with Gasteiger partial charge in [0, 0.05) is 87.4 Å². The van der Waals surface area contributed by atoms with Crippen LogP contribution in [0.25, 0.3) is 33.1 Å². The second-order valence-corrected chi connectivity index (χ2v) is 21.0. The van der Waals surface area contributed by atoms with E-state index in [2.05, 4.69) is 71.4 Å². The molecule has 1 saturated heterocycles. The number of anilines is 6. The van der Waals surface area contributed by atoms with Crippen molar-refractivity contribution in [2.75, 3.05) is 87.7 Å². The molecule has 3 atom stereocenters. The van der Waals surface area contributed by atoms with E-state index in [0.29, 0.717) is 68.5 Å². The minimum atomic E-state index is -4.36. The number of halogens is 9. The van der Waals surface area contributed by atoms with Gasteiger partial charge in [-0.2, -0.15) is 54.5 Å². The molecular formula is C62H78AlF9LiN15O10. The Morgan fingerprint density at radius 2 is 0.980 bits per heavy atom. The number of hydrogen-bond acceptors (Lipinski definition) is 24. The third-order valence-corrected chi connectivity index (χ3v) is 14.0. The van der Waals surface area contributed by atoms with E-state index in [1.165, 1.54) is 39.5 Å². The number of fused-ring (bicyclic) bond motifs is 3. The number of aliphatic hydroxyl groups excluding tert-OH is 1. The van der Waals surface area contributed by atoms with Crippen LogP contribution in [-0.2, 0) is 32.2 Å². The van der Waals surface area contributed by atoms with Gasteiger partial charge in [0.2, 0.25) is 17.8 Å². The van der Waals surface area contributed by atoms with Crippen LogP contribution in [0.4, 0.5) is 74.8 Å². The second kappa shape index (κ2) is 40.2. The summed E-state index contributed by atoms with van der Waals surface area (Å²) in [5.74, 6) is 1.51. The molecule has 8 aromatic rings. The SMILES string of the molecule is C1CCOC1.COC(=O)[C@@H](CCCC(F)(F)F)Nc1nc(NCc2ccc(OC)cc2OC)nc2cccnc12.COc1ccc(CNc2nc(N[C@H](CCCC(F)(F)F)C(=O)O)c3ncccc3n2)c(OC)c1.Nc1nc(N[C@@H](CO)CCCC(F)(F)F)c2ncccc2n1.[AlH3].[H-].[Li+]. The van der Waals surface area contributed by atoms with Crippen molar-refractivity contribution in [2.45, 2.75) is 120 Å². The summed E-state index contributed by atoms with van der Waals surface area (Å²) >= 11 is 0. The Morgan fingerprint density at radius 3 is 1.36 bits per heavy atom. The van der Waals surface area contributed by atoms with Gasteiger partial charge in [-0.15, -0.1) is 0 Å². The minimum absolute atomic E-state index is 0. The van der Waals surface area contributed by atoms with E-state index in [1.54, 1.807) is 88.2 Å². The Morgan fingerprint density at radius 1 is 0.571 bits per heavy atom. The molecule has 1 fully saturated rings. The predicted octanol–water partition coefficient (Wildman–Crippen LogP) is 7.43. The summed E-state index contributed by atoms with van der Waals surface area (Å²) in [5.41, 5.74) is 9.76. The third-order valence-electron chi connectivity index (χ3n) is 14.0. The number of nitrogens with two attached hydrogens (primary N) is 1. The van der Waals surface area contributed by atoms with Crippen molar-refractivity contribution in [2.24, 2.45) is 0 Å². The normalized spacial score (nSPS) is 12.8. The van der Waals surface area contributed by atoms with E-state index in [4.69, 9.17) is 34.2 Å². The number of hydrogen-bond donors (Lipinski definition) is 8. The number of nitrogens with zero attached hydrogens (tertiary/aromatic N) is 9. The van der Waals surface area contributed by atoms with Crippen molar-refractivity contribution < 1.29 is 108 Å². The van der Waals surface area contributed by atoms with E-state index in [1.807, 2.05) is 12.1 Å². The molecule has 0 bridgehead atoms. The van der Waals surface area contributed by atoms with Crippen molar-refractivity contribution in [3.63, 3.8) is 0 Å². The molecule has 9 N–H and O–H groups in total. The third kappa shape index (κ3) is 27.3. The van der Waals surface area contributed by atoms with E-state index >= 15 is 0 Å². The summed E-state index contributed by atoms with van der Waals surface area (Å²) in [5, 5.41) is 33.5. The molecule has 7 heterocycles. The number of carboxylic acids is 1. The van der Waals surface area contributed by atoms with Gasteiger partial charge in [0.1, 0.15) is 51.6 Å². The number of nitrogens with one attached hydrogen (secondary N) is 5. The molecule has 0 unspecified atom stereocenters. The molecule has 2 aromatic carbocycles. The number of carbonyl (C=O) groups is 2. The van der Waals surface area contributed by atoms with Crippen LogP contribution < -0.4 is 70.1 Å². The smallest absolute Gasteiger partial charge is 1.00 e. The number of aromatic nitrogens is 9. The van der Waals surface area contributed by atoms with Crippen molar-refractivity contribution >= 4 is 97.7 Å². The summed E-state index contributed by atoms with van der Waals surface area (Å²) in [7, 11) is 7.36. The molecule has 9 rings (SSSR count). The fourth-order valence-electron chi connectivity index (χ4n) is 9.18. The van der Waals surface area contributed by atoms with Crippen LogP contribution in [0.15, 0.2) is 91.4 Å². The summed E-state index contributed by atoms with van der Waals surface area (Å²) in [6.45, 7) is 2.27. The molecule has 6 aromatic heterocycles. The molecule has 98 heavy (non-hydrogen) atoms. The molecule has 25 nitrogen and oxygen atoms in total. The monoisotopic (exact) mass is 1400 g/mol. The summed E-state index contributed by atoms with van der Waals surface area (Å²) in [6.07, 6.45) is -9.60. The van der Waals surface area contributed by atoms with Crippen LogP contribution in [0, 0.1) is 0 Å². The standard InChI is InChI=1S/C23H26F3N5O4.C22H24F3N5O4.C13H16F3N5O.C4H8O.Al.Li.4H/c1-33-15-9-8-14(18(12-15)34-2)13-28-22-30-16-7-5-11-27-19(16)20(31-22)29-17(21(32)35-3)6-4-10-23(24,25)26;1-33-14-8-7-13(17(11-14)34-2)12-27-21-29-15-6-4-10-26-18(15)19(30-21)28-16(20(31)32)5-3-9-22(23,24)25;14-13(15,16)5-1-3-8(7-22)19-11-10-9(4-2-6-18-10)20-12(17)21-11;1-2-4-5-3-1;;;;;;/h5,7-9,11-12,17H,4,6,10,13H2,1-3H3,(H2,28,29,30,31);4,6-8,10-11,16H,3,5,9,12H2,1-2H3,(H,31,32)(H2,27,28,29,30);2,4,6,8,22H,1,3,5,7H2,(H3,17,19,20,21);1-4H2;;;;;;/q;;;;;+1;;;;-1/t17-;16-;8-;;;;;;;/m111......./s1. The number of carboxylic acid groups (broad SMARTS) is 1. The first-order chi connectivity index (χ1) is 45.8. The van der Waals surface area contributed by atoms with Gasteiger partial charge >= 0.3 is 49.3 Å². The summed E-state index contributed by atoms with van der Waals surface area (Å²) in [4.78, 5) is 62.1. The molecule has 36 heteroatoms. The van der Waals surface area contributed by atoms with Crippen molar-refractivity contribution in [1.29, 1.82) is 0 Å². The number of aliphatic carboxylic acids is 1. The first-order valence-corrected chi connectivity index (χ1v) is 29.8. The quantitative estimate of drug-likeness (QED) is 0.0134. The number of esters is 1. The number of benzene rings is 2. The van der Waals surface area contributed by atoms with Gasteiger partial charge in [-0.1, -0.05) is 0 Å². The predicted molar refractivity (Wildman–Crippen MR) is 350 cm³/mol. The number of alkyl halides is 9. The zero-order chi connectivity index (χ0) is 69.8. The number of methoxy groups -OCH3 is 5. The molecule has 1 aliphatic heterocycles. The summed E-state index contributed by atoms with van der Waals surface area (Å²) in [6, 6.07) is 17.9. The van der Waals surface area contributed by atoms with Gasteiger partial charge in [-0.3, -0.25) is 15.0 Å². The van der Waals surface area contributed by atoms with Crippen LogP contribution in [0.1, 0.15) is 83.2 Å². The number of pyridine rings is 3. The van der Waals surface area contributed by atoms with E-state index in [0.717, 1.165) is 24.3 Å². The van der Waals surface area contributed by atoms with Gasteiger partial charge < -0.3 is 72.4 Å². The minimum Gasteiger partial charge on any atom is -1.00 e. The maximum atomic E-state index is 12.6.